The smallest absolute Gasteiger partial charge is 0.0914 e. The van der Waals surface area contributed by atoms with Crippen molar-refractivity contribution in [3.05, 3.63) is 64.4 Å². The second-order valence-corrected chi connectivity index (χ2v) is 4.94. The standard InChI is InChI=1S/C15H17ClN2O/c1-11-6-7-17-8-13(11)9-18-10-15(19)12-2-4-14(16)5-3-12/h2-8,15,18-19H,9-10H2,1H3. The van der Waals surface area contributed by atoms with E-state index in [1.54, 1.807) is 18.3 Å². The van der Waals surface area contributed by atoms with Crippen LogP contribution in [0.1, 0.15) is 22.8 Å². The Balaban J connectivity index is 1.86. The normalized spacial score (nSPS) is 12.4. The highest BCUT2D eigenvalue weighted by molar-refractivity contribution is 6.30. The van der Waals surface area contributed by atoms with Gasteiger partial charge in [-0.15, -0.1) is 0 Å². The lowest BCUT2D eigenvalue weighted by atomic mass is 10.1. The lowest BCUT2D eigenvalue weighted by Crippen LogP contribution is -2.21. The second-order valence-electron chi connectivity index (χ2n) is 4.50. The first-order chi connectivity index (χ1) is 9.16. The van der Waals surface area contributed by atoms with Crippen molar-refractivity contribution >= 4 is 11.6 Å². The summed E-state index contributed by atoms with van der Waals surface area (Å²) in [5.74, 6) is 0. The van der Waals surface area contributed by atoms with Gasteiger partial charge in [0.1, 0.15) is 0 Å². The Morgan fingerprint density at radius 1 is 1.26 bits per heavy atom. The van der Waals surface area contributed by atoms with Crippen molar-refractivity contribution in [3.8, 4) is 0 Å². The maximum absolute atomic E-state index is 10.0. The predicted molar refractivity (Wildman–Crippen MR) is 77.1 cm³/mol. The van der Waals surface area contributed by atoms with Gasteiger partial charge in [-0.3, -0.25) is 4.98 Å². The molecule has 2 aromatic rings. The van der Waals surface area contributed by atoms with E-state index in [0.29, 0.717) is 18.1 Å². The molecule has 4 heteroatoms. The lowest BCUT2D eigenvalue weighted by molar-refractivity contribution is 0.174. The summed E-state index contributed by atoms with van der Waals surface area (Å²) >= 11 is 5.81. The molecule has 3 nitrogen and oxygen atoms in total. The Labute approximate surface area is 118 Å². The topological polar surface area (TPSA) is 45.2 Å². The fourth-order valence-electron chi connectivity index (χ4n) is 1.83. The predicted octanol–water partition coefficient (Wildman–Crippen LogP) is 2.87. The fraction of sp³-hybridized carbons (Fsp3) is 0.267. The summed E-state index contributed by atoms with van der Waals surface area (Å²) in [4.78, 5) is 4.09. The lowest BCUT2D eigenvalue weighted by Gasteiger charge is -2.13. The van der Waals surface area contributed by atoms with Gasteiger partial charge in [0, 0.05) is 30.5 Å². The molecule has 0 aliphatic heterocycles. The summed E-state index contributed by atoms with van der Waals surface area (Å²) in [7, 11) is 0. The molecule has 1 heterocycles. The molecule has 2 rings (SSSR count). The van der Waals surface area contributed by atoms with E-state index in [2.05, 4.69) is 10.3 Å². The molecule has 0 fully saturated rings. The zero-order chi connectivity index (χ0) is 13.7. The number of hydrogen-bond acceptors (Lipinski definition) is 3. The molecule has 1 aromatic carbocycles. The highest BCUT2D eigenvalue weighted by atomic mass is 35.5. The van der Waals surface area contributed by atoms with E-state index in [-0.39, 0.29) is 0 Å². The molecule has 0 saturated carbocycles. The number of nitrogens with one attached hydrogen (secondary N) is 1. The van der Waals surface area contributed by atoms with Crippen LogP contribution >= 0.6 is 11.6 Å². The molecule has 0 saturated heterocycles. The minimum atomic E-state index is -0.533. The van der Waals surface area contributed by atoms with Gasteiger partial charge in [-0.1, -0.05) is 23.7 Å². The van der Waals surface area contributed by atoms with Crippen LogP contribution in [0.4, 0.5) is 0 Å². The highest BCUT2D eigenvalue weighted by Gasteiger charge is 2.07. The number of aliphatic hydroxyl groups excluding tert-OH is 1. The Hall–Kier alpha value is -1.42. The minimum Gasteiger partial charge on any atom is -0.387 e. The third kappa shape index (κ3) is 4.03. The van der Waals surface area contributed by atoms with Crippen LogP contribution in [0.2, 0.25) is 5.02 Å². The average molecular weight is 277 g/mol. The van der Waals surface area contributed by atoms with Crippen LogP contribution in [-0.2, 0) is 6.54 Å². The number of rotatable bonds is 5. The highest BCUT2D eigenvalue weighted by Crippen LogP contribution is 2.16. The van der Waals surface area contributed by atoms with E-state index < -0.39 is 6.10 Å². The van der Waals surface area contributed by atoms with Crippen LogP contribution in [0.5, 0.6) is 0 Å². The van der Waals surface area contributed by atoms with Crippen LogP contribution in [0.3, 0.4) is 0 Å². The summed E-state index contributed by atoms with van der Waals surface area (Å²) < 4.78 is 0. The third-order valence-electron chi connectivity index (χ3n) is 3.06. The fourth-order valence-corrected chi connectivity index (χ4v) is 1.95. The molecule has 0 aliphatic carbocycles. The summed E-state index contributed by atoms with van der Waals surface area (Å²) in [6.45, 7) is 3.24. The number of halogens is 1. The third-order valence-corrected chi connectivity index (χ3v) is 3.31. The van der Waals surface area contributed by atoms with Crippen molar-refractivity contribution < 1.29 is 5.11 Å². The number of nitrogens with zero attached hydrogens (tertiary/aromatic N) is 1. The first-order valence-electron chi connectivity index (χ1n) is 6.20. The molecule has 0 bridgehead atoms. The number of aliphatic hydroxyl groups is 1. The van der Waals surface area contributed by atoms with Crippen molar-refractivity contribution in [2.24, 2.45) is 0 Å². The maximum atomic E-state index is 10.0. The Morgan fingerprint density at radius 2 is 2.00 bits per heavy atom. The monoisotopic (exact) mass is 276 g/mol. The number of pyridine rings is 1. The molecule has 0 aliphatic rings. The van der Waals surface area contributed by atoms with Gasteiger partial charge in [-0.25, -0.2) is 0 Å². The maximum Gasteiger partial charge on any atom is 0.0914 e. The molecule has 0 amide bonds. The molecule has 1 aromatic heterocycles. The van der Waals surface area contributed by atoms with E-state index in [9.17, 15) is 5.11 Å². The van der Waals surface area contributed by atoms with E-state index in [0.717, 1.165) is 11.1 Å². The molecule has 0 spiro atoms. The number of benzene rings is 1. The average Bonchev–Trinajstić information content (AvgIpc) is 2.41. The van der Waals surface area contributed by atoms with Gasteiger partial charge in [0.2, 0.25) is 0 Å². The van der Waals surface area contributed by atoms with Crippen molar-refractivity contribution in [1.82, 2.24) is 10.3 Å². The second kappa shape index (κ2) is 6.66. The number of hydrogen-bond donors (Lipinski definition) is 2. The van der Waals surface area contributed by atoms with Crippen LogP contribution in [-0.4, -0.2) is 16.6 Å². The molecular formula is C15H17ClN2O. The van der Waals surface area contributed by atoms with Gasteiger partial charge in [0.25, 0.3) is 0 Å². The molecule has 2 N–H and O–H groups in total. The quantitative estimate of drug-likeness (QED) is 0.883. The summed E-state index contributed by atoms with van der Waals surface area (Å²) in [5.41, 5.74) is 3.20. The number of aromatic nitrogens is 1. The van der Waals surface area contributed by atoms with E-state index in [1.165, 1.54) is 5.56 Å². The van der Waals surface area contributed by atoms with E-state index in [1.807, 2.05) is 31.3 Å². The minimum absolute atomic E-state index is 0.496. The van der Waals surface area contributed by atoms with Gasteiger partial charge in [-0.05, 0) is 41.8 Å². The van der Waals surface area contributed by atoms with Crippen molar-refractivity contribution in [1.29, 1.82) is 0 Å². The first-order valence-corrected chi connectivity index (χ1v) is 6.58. The Kier molecular flexibility index (Phi) is 4.91. The van der Waals surface area contributed by atoms with Gasteiger partial charge >= 0.3 is 0 Å². The van der Waals surface area contributed by atoms with Crippen molar-refractivity contribution in [3.63, 3.8) is 0 Å². The molecule has 0 radical (unpaired) electrons. The van der Waals surface area contributed by atoms with Gasteiger partial charge in [0.05, 0.1) is 6.10 Å². The Bertz CT molecular complexity index is 528. The van der Waals surface area contributed by atoms with Gasteiger partial charge < -0.3 is 10.4 Å². The Morgan fingerprint density at radius 3 is 2.68 bits per heavy atom. The van der Waals surface area contributed by atoms with Crippen molar-refractivity contribution in [2.45, 2.75) is 19.6 Å². The zero-order valence-corrected chi connectivity index (χ0v) is 11.6. The van der Waals surface area contributed by atoms with E-state index in [4.69, 9.17) is 11.6 Å². The zero-order valence-electron chi connectivity index (χ0n) is 10.8. The van der Waals surface area contributed by atoms with Crippen LogP contribution in [0.25, 0.3) is 0 Å². The van der Waals surface area contributed by atoms with Crippen LogP contribution in [0.15, 0.2) is 42.7 Å². The summed E-state index contributed by atoms with van der Waals surface area (Å²) in [6, 6.07) is 9.22. The van der Waals surface area contributed by atoms with Gasteiger partial charge in [0.15, 0.2) is 0 Å². The largest absolute Gasteiger partial charge is 0.387 e. The molecule has 100 valence electrons. The summed E-state index contributed by atoms with van der Waals surface area (Å²) in [6.07, 6.45) is 3.09. The molecule has 19 heavy (non-hydrogen) atoms. The van der Waals surface area contributed by atoms with Crippen molar-refractivity contribution in [2.75, 3.05) is 6.54 Å². The number of aryl methyl sites for hydroxylation is 1. The summed E-state index contributed by atoms with van der Waals surface area (Å²) in [5, 5.41) is 13.9. The molecular weight excluding hydrogens is 260 g/mol. The molecule has 1 atom stereocenters. The molecule has 1 unspecified atom stereocenters. The van der Waals surface area contributed by atoms with Crippen LogP contribution < -0.4 is 5.32 Å². The van der Waals surface area contributed by atoms with Gasteiger partial charge in [-0.2, -0.15) is 0 Å². The SMILES string of the molecule is Cc1ccncc1CNCC(O)c1ccc(Cl)cc1. The first kappa shape index (κ1) is 14.0. The van der Waals surface area contributed by atoms with E-state index >= 15 is 0 Å². The van der Waals surface area contributed by atoms with Crippen LogP contribution in [0, 0.1) is 6.92 Å².